The van der Waals surface area contributed by atoms with Crippen molar-refractivity contribution in [2.24, 2.45) is 0 Å². The minimum atomic E-state index is -4.30. The van der Waals surface area contributed by atoms with Crippen LogP contribution in [0, 0.1) is 0 Å². The first-order valence-corrected chi connectivity index (χ1v) is 10.8. The maximum atomic E-state index is 12.0. The molecule has 1 unspecified atom stereocenters. The van der Waals surface area contributed by atoms with Crippen LogP contribution in [-0.2, 0) is 32.7 Å². The zero-order chi connectivity index (χ0) is 20.9. The number of carbonyl (C=O) groups excluding carboxylic acids is 2. The Bertz CT molecular complexity index is 492. The van der Waals surface area contributed by atoms with E-state index in [4.69, 9.17) is 18.5 Å². The summed E-state index contributed by atoms with van der Waals surface area (Å²) in [4.78, 5) is 32.9. The lowest BCUT2D eigenvalue weighted by Gasteiger charge is -2.24. The van der Waals surface area contributed by atoms with E-state index >= 15 is 0 Å². The Morgan fingerprint density at radius 3 is 2.26 bits per heavy atom. The number of rotatable bonds is 15. The first kappa shape index (κ1) is 26.0. The van der Waals surface area contributed by atoms with Gasteiger partial charge in [-0.3, -0.25) is 18.6 Å². The van der Waals surface area contributed by atoms with Crippen LogP contribution in [0.25, 0.3) is 0 Å². The Morgan fingerprint density at radius 1 is 1.04 bits per heavy atom. The molecule has 160 valence electrons. The molecule has 0 fully saturated rings. The van der Waals surface area contributed by atoms with Gasteiger partial charge >= 0.3 is 19.8 Å². The number of unbranched alkanes of at least 4 members (excludes halogenated alkanes) is 2. The lowest BCUT2D eigenvalue weighted by molar-refractivity contribution is -0.870. The molecule has 10 heteroatoms. The molecule has 0 bridgehead atoms. The van der Waals surface area contributed by atoms with Gasteiger partial charge in [-0.15, -0.1) is 0 Å². The molecule has 0 aliphatic carbocycles. The van der Waals surface area contributed by atoms with Crippen molar-refractivity contribution in [3.8, 4) is 0 Å². The highest BCUT2D eigenvalue weighted by Gasteiger charge is 2.26. The molecule has 0 radical (unpaired) electrons. The quantitative estimate of drug-likeness (QED) is 0.189. The van der Waals surface area contributed by atoms with E-state index in [-0.39, 0.29) is 26.1 Å². The fraction of sp³-hybridized carbons (Fsp3) is 0.882. The van der Waals surface area contributed by atoms with Crippen LogP contribution in [0.15, 0.2) is 0 Å². The smallest absolute Gasteiger partial charge is 0.462 e. The number of hydrogen-bond acceptors (Lipinski definition) is 7. The van der Waals surface area contributed by atoms with Crippen LogP contribution in [0.2, 0.25) is 0 Å². The molecule has 0 saturated carbocycles. The molecule has 0 heterocycles. The highest BCUT2D eigenvalue weighted by molar-refractivity contribution is 7.47. The summed E-state index contributed by atoms with van der Waals surface area (Å²) in [6.45, 7) is 3.54. The summed E-state index contributed by atoms with van der Waals surface area (Å²) in [5.41, 5.74) is 0. The highest BCUT2D eigenvalue weighted by Crippen LogP contribution is 2.43. The molecule has 2 atom stereocenters. The third-order valence-electron chi connectivity index (χ3n) is 3.44. The number of phosphoric ester groups is 1. The third kappa shape index (κ3) is 15.7. The summed E-state index contributed by atoms with van der Waals surface area (Å²) in [6.07, 6.45) is 1.97. The predicted octanol–water partition coefficient (Wildman–Crippen LogP) is 2.27. The normalized spacial score (nSPS) is 15.0. The van der Waals surface area contributed by atoms with E-state index in [9.17, 15) is 19.0 Å². The average Bonchev–Trinajstić information content (AvgIpc) is 2.55. The van der Waals surface area contributed by atoms with Crippen LogP contribution < -0.4 is 0 Å². The predicted molar refractivity (Wildman–Crippen MR) is 99.9 cm³/mol. The van der Waals surface area contributed by atoms with Crippen molar-refractivity contribution in [1.82, 2.24) is 0 Å². The minimum Gasteiger partial charge on any atom is -0.462 e. The Morgan fingerprint density at radius 2 is 1.70 bits per heavy atom. The van der Waals surface area contributed by atoms with Crippen molar-refractivity contribution in [2.45, 2.75) is 52.1 Å². The third-order valence-corrected chi connectivity index (χ3v) is 4.43. The van der Waals surface area contributed by atoms with E-state index in [1.54, 1.807) is 6.92 Å². The fourth-order valence-corrected chi connectivity index (χ4v) is 2.55. The molecule has 9 nitrogen and oxygen atoms in total. The minimum absolute atomic E-state index is 0.0313. The summed E-state index contributed by atoms with van der Waals surface area (Å²) in [5, 5.41) is 0. The maximum Gasteiger partial charge on any atom is 0.472 e. The van der Waals surface area contributed by atoms with Gasteiger partial charge in [0.05, 0.1) is 27.7 Å². The molecule has 0 aromatic carbocycles. The summed E-state index contributed by atoms with van der Waals surface area (Å²) in [7, 11) is 1.46. The molecule has 0 amide bonds. The number of carbonyl (C=O) groups is 2. The summed E-state index contributed by atoms with van der Waals surface area (Å²) in [5.74, 6) is -0.934. The lowest BCUT2D eigenvalue weighted by atomic mass is 10.2. The van der Waals surface area contributed by atoms with Crippen LogP contribution in [0.3, 0.4) is 0 Å². The molecular formula is C17H35NO8P+. The first-order valence-electron chi connectivity index (χ1n) is 9.26. The van der Waals surface area contributed by atoms with Gasteiger partial charge in [0.15, 0.2) is 6.10 Å². The van der Waals surface area contributed by atoms with E-state index in [0.717, 1.165) is 12.8 Å². The largest absolute Gasteiger partial charge is 0.472 e. The molecular weight excluding hydrogens is 377 g/mol. The number of ether oxygens (including phenoxy) is 2. The Hall–Kier alpha value is -0.990. The summed E-state index contributed by atoms with van der Waals surface area (Å²) >= 11 is 0. The van der Waals surface area contributed by atoms with Crippen LogP contribution in [0.4, 0.5) is 0 Å². The molecule has 0 saturated heterocycles. The van der Waals surface area contributed by atoms with Gasteiger partial charge in [0, 0.05) is 12.8 Å². The van der Waals surface area contributed by atoms with E-state index < -0.39 is 32.5 Å². The number of likely N-dealkylation sites (N-methyl/N-ethyl adjacent to an activating group) is 1. The van der Waals surface area contributed by atoms with E-state index in [1.807, 2.05) is 28.1 Å². The number of nitrogens with zero attached hydrogens (tertiary/aromatic N) is 1. The number of hydrogen-bond donors (Lipinski definition) is 1. The zero-order valence-electron chi connectivity index (χ0n) is 17.1. The van der Waals surface area contributed by atoms with Crippen LogP contribution >= 0.6 is 7.82 Å². The standard InChI is InChI=1S/C17H34NO8P/c1-6-8-9-10-17(20)26-15(13-23-16(19)7-2)14-25-27(21,22)24-12-11-18(3,4)5/h15H,6-14H2,1-5H3/p+1/t15-/m1/s1. The van der Waals surface area contributed by atoms with Crippen molar-refractivity contribution < 1.29 is 42.1 Å². The van der Waals surface area contributed by atoms with Crippen molar-refractivity contribution in [3.63, 3.8) is 0 Å². The summed E-state index contributed by atoms with van der Waals surface area (Å²) in [6, 6.07) is 0. The molecule has 0 aromatic heterocycles. The van der Waals surface area contributed by atoms with Gasteiger partial charge in [0.25, 0.3) is 0 Å². The van der Waals surface area contributed by atoms with Crippen molar-refractivity contribution in [2.75, 3.05) is 47.5 Å². The highest BCUT2D eigenvalue weighted by atomic mass is 31.2. The molecule has 0 rings (SSSR count). The number of quaternary nitrogens is 1. The van der Waals surface area contributed by atoms with Crippen LogP contribution in [0.5, 0.6) is 0 Å². The topological polar surface area (TPSA) is 108 Å². The molecule has 1 N–H and O–H groups in total. The van der Waals surface area contributed by atoms with Gasteiger partial charge in [-0.25, -0.2) is 4.57 Å². The number of esters is 2. The fourth-order valence-electron chi connectivity index (χ4n) is 1.81. The molecule has 0 aliphatic rings. The van der Waals surface area contributed by atoms with E-state index in [2.05, 4.69) is 0 Å². The average molecular weight is 412 g/mol. The Balaban J connectivity index is 4.56. The van der Waals surface area contributed by atoms with Crippen molar-refractivity contribution >= 4 is 19.8 Å². The zero-order valence-corrected chi connectivity index (χ0v) is 18.0. The van der Waals surface area contributed by atoms with Gasteiger partial charge in [-0.1, -0.05) is 26.7 Å². The van der Waals surface area contributed by atoms with Gasteiger partial charge < -0.3 is 18.9 Å². The second-order valence-electron chi connectivity index (χ2n) is 7.22. The number of phosphoric acid groups is 1. The first-order chi connectivity index (χ1) is 12.5. The van der Waals surface area contributed by atoms with Crippen molar-refractivity contribution in [3.05, 3.63) is 0 Å². The molecule has 0 aliphatic heterocycles. The second-order valence-corrected chi connectivity index (χ2v) is 8.67. The molecule has 0 spiro atoms. The Kier molecular flexibility index (Phi) is 12.7. The second kappa shape index (κ2) is 13.2. The lowest BCUT2D eigenvalue weighted by Crippen LogP contribution is -2.37. The van der Waals surface area contributed by atoms with Gasteiger partial charge in [0.1, 0.15) is 19.8 Å². The summed E-state index contributed by atoms with van der Waals surface area (Å²) < 4.78 is 32.5. The van der Waals surface area contributed by atoms with Crippen LogP contribution in [-0.4, -0.2) is 74.9 Å². The van der Waals surface area contributed by atoms with E-state index in [0.29, 0.717) is 17.4 Å². The van der Waals surface area contributed by atoms with Crippen LogP contribution in [0.1, 0.15) is 46.0 Å². The van der Waals surface area contributed by atoms with Crippen molar-refractivity contribution in [1.29, 1.82) is 0 Å². The van der Waals surface area contributed by atoms with Gasteiger partial charge in [-0.05, 0) is 6.42 Å². The molecule has 0 aromatic rings. The SMILES string of the molecule is CCCCCC(=O)O[C@H](COC(=O)CC)COP(=O)(O)OCC[N+](C)(C)C. The van der Waals surface area contributed by atoms with E-state index in [1.165, 1.54) is 0 Å². The van der Waals surface area contributed by atoms with Gasteiger partial charge in [-0.2, -0.15) is 0 Å². The maximum absolute atomic E-state index is 12.0. The monoisotopic (exact) mass is 412 g/mol. The van der Waals surface area contributed by atoms with Gasteiger partial charge in [0.2, 0.25) is 0 Å². The molecule has 27 heavy (non-hydrogen) atoms. The Labute approximate surface area is 162 Å².